The molecule has 1 aromatic heterocycles. The normalized spacial score (nSPS) is 14.1. The number of aryl methyl sites for hydroxylation is 1. The van der Waals surface area contributed by atoms with Crippen LogP contribution < -0.4 is 5.32 Å². The summed E-state index contributed by atoms with van der Waals surface area (Å²) in [5.41, 5.74) is 0.657. The van der Waals surface area contributed by atoms with Crippen LogP contribution in [0.5, 0.6) is 0 Å². The van der Waals surface area contributed by atoms with Crippen molar-refractivity contribution in [3.05, 3.63) is 29.3 Å². The highest BCUT2D eigenvalue weighted by atomic mass is 19.1. The molecule has 0 aliphatic carbocycles. The van der Waals surface area contributed by atoms with Crippen molar-refractivity contribution in [2.45, 2.75) is 32.5 Å². The van der Waals surface area contributed by atoms with Crippen LogP contribution in [0.3, 0.4) is 0 Å². The van der Waals surface area contributed by atoms with Crippen molar-refractivity contribution in [2.75, 3.05) is 6.54 Å². The van der Waals surface area contributed by atoms with Gasteiger partial charge in [0, 0.05) is 25.2 Å². The maximum atomic E-state index is 13.4. The Labute approximate surface area is 105 Å². The molecule has 0 spiro atoms. The minimum atomic E-state index is -1.36. The molecule has 0 fully saturated rings. The molecule has 0 aliphatic heterocycles. The minimum Gasteiger partial charge on any atom is -0.390 e. The Kier molecular flexibility index (Phi) is 5.18. The highest BCUT2D eigenvalue weighted by Crippen LogP contribution is 2.21. The molecule has 0 saturated heterocycles. The van der Waals surface area contributed by atoms with E-state index in [0.717, 1.165) is 0 Å². The molecule has 1 amide bonds. The number of aliphatic hydroxyl groups excluding tert-OH is 2. The van der Waals surface area contributed by atoms with Gasteiger partial charge in [-0.05, 0) is 25.0 Å². The number of hydrogen-bond donors (Lipinski definition) is 3. The van der Waals surface area contributed by atoms with E-state index in [-0.39, 0.29) is 24.4 Å². The van der Waals surface area contributed by atoms with Gasteiger partial charge in [-0.2, -0.15) is 4.39 Å². The minimum absolute atomic E-state index is 0.0367. The Balaban J connectivity index is 2.64. The summed E-state index contributed by atoms with van der Waals surface area (Å²) >= 11 is 0. The average Bonchev–Trinajstić information content (AvgIpc) is 2.30. The zero-order chi connectivity index (χ0) is 13.7. The maximum Gasteiger partial charge on any atom is 0.218 e. The Morgan fingerprint density at radius 3 is 2.83 bits per heavy atom. The monoisotopic (exact) mass is 256 g/mol. The van der Waals surface area contributed by atoms with Crippen molar-refractivity contribution < 1.29 is 19.4 Å². The number of aromatic nitrogens is 1. The van der Waals surface area contributed by atoms with Crippen molar-refractivity contribution in [3.8, 4) is 0 Å². The highest BCUT2D eigenvalue weighted by molar-refractivity contribution is 5.72. The summed E-state index contributed by atoms with van der Waals surface area (Å²) in [6.07, 6.45) is -1.04. The van der Waals surface area contributed by atoms with Crippen LogP contribution in [-0.2, 0) is 4.79 Å². The molecular weight excluding hydrogens is 239 g/mol. The summed E-state index contributed by atoms with van der Waals surface area (Å²) in [6.45, 7) is 3.29. The lowest BCUT2D eigenvalue weighted by atomic mass is 10.0. The second kappa shape index (κ2) is 6.42. The van der Waals surface area contributed by atoms with Gasteiger partial charge in [0.15, 0.2) is 0 Å². The lowest BCUT2D eigenvalue weighted by molar-refractivity contribution is -0.119. The molecule has 1 rings (SSSR count). The van der Waals surface area contributed by atoms with Crippen LogP contribution >= 0.6 is 0 Å². The molecule has 3 N–H and O–H groups in total. The van der Waals surface area contributed by atoms with Gasteiger partial charge in [-0.3, -0.25) is 4.79 Å². The molecule has 6 heteroatoms. The first-order valence-electron chi connectivity index (χ1n) is 5.64. The SMILES string of the molecule is CC(=O)NCCC(O)C(O)c1cc(C)cnc1F. The van der Waals surface area contributed by atoms with Gasteiger partial charge < -0.3 is 15.5 Å². The molecule has 1 aromatic rings. The number of nitrogens with one attached hydrogen (secondary N) is 1. The number of rotatable bonds is 5. The first-order chi connectivity index (χ1) is 8.41. The van der Waals surface area contributed by atoms with Gasteiger partial charge in [-0.25, -0.2) is 4.98 Å². The number of carbonyl (C=O) groups excluding carboxylic acids is 1. The van der Waals surface area contributed by atoms with E-state index >= 15 is 0 Å². The number of halogens is 1. The third kappa shape index (κ3) is 4.05. The number of pyridine rings is 1. The van der Waals surface area contributed by atoms with Crippen LogP contribution in [0.4, 0.5) is 4.39 Å². The van der Waals surface area contributed by atoms with Crippen LogP contribution in [-0.4, -0.2) is 33.8 Å². The number of amides is 1. The van der Waals surface area contributed by atoms with E-state index in [1.54, 1.807) is 6.92 Å². The summed E-state index contributed by atoms with van der Waals surface area (Å²) < 4.78 is 13.4. The van der Waals surface area contributed by atoms with E-state index in [2.05, 4.69) is 10.3 Å². The van der Waals surface area contributed by atoms with Gasteiger partial charge in [0.2, 0.25) is 11.9 Å². The predicted octanol–water partition coefficient (Wildman–Crippen LogP) is 0.450. The Morgan fingerprint density at radius 1 is 1.56 bits per heavy atom. The molecule has 0 saturated carbocycles. The predicted molar refractivity (Wildman–Crippen MR) is 63.2 cm³/mol. The molecule has 5 nitrogen and oxygen atoms in total. The standard InChI is InChI=1S/C12H17FN2O3/c1-7-5-9(12(13)15-6-7)11(18)10(17)3-4-14-8(2)16/h5-6,10-11,17-18H,3-4H2,1-2H3,(H,14,16). The third-order valence-electron chi connectivity index (χ3n) is 2.50. The van der Waals surface area contributed by atoms with Crippen molar-refractivity contribution >= 4 is 5.91 Å². The molecule has 2 unspecified atom stereocenters. The second-order valence-corrected chi connectivity index (χ2v) is 4.18. The van der Waals surface area contributed by atoms with Crippen LogP contribution in [0.15, 0.2) is 12.3 Å². The van der Waals surface area contributed by atoms with Crippen molar-refractivity contribution in [1.82, 2.24) is 10.3 Å². The highest BCUT2D eigenvalue weighted by Gasteiger charge is 2.22. The summed E-state index contributed by atoms with van der Waals surface area (Å²) in [6, 6.07) is 1.44. The summed E-state index contributed by atoms with van der Waals surface area (Å²) in [5.74, 6) is -1.02. The lowest BCUT2D eigenvalue weighted by Gasteiger charge is -2.18. The molecule has 2 atom stereocenters. The van der Waals surface area contributed by atoms with E-state index in [4.69, 9.17) is 0 Å². The fourth-order valence-electron chi connectivity index (χ4n) is 1.54. The van der Waals surface area contributed by atoms with E-state index < -0.39 is 18.2 Å². The summed E-state index contributed by atoms with van der Waals surface area (Å²) in [7, 11) is 0. The third-order valence-corrected chi connectivity index (χ3v) is 2.50. The van der Waals surface area contributed by atoms with Gasteiger partial charge in [0.25, 0.3) is 0 Å². The van der Waals surface area contributed by atoms with Crippen LogP contribution in [0.1, 0.15) is 30.6 Å². The number of nitrogens with zero attached hydrogens (tertiary/aromatic N) is 1. The van der Waals surface area contributed by atoms with Crippen LogP contribution in [0, 0.1) is 12.9 Å². The van der Waals surface area contributed by atoms with E-state index in [1.165, 1.54) is 19.2 Å². The largest absolute Gasteiger partial charge is 0.390 e. The molecule has 0 radical (unpaired) electrons. The first-order valence-corrected chi connectivity index (χ1v) is 5.64. The fourth-order valence-corrected chi connectivity index (χ4v) is 1.54. The Morgan fingerprint density at radius 2 is 2.22 bits per heavy atom. The first kappa shape index (κ1) is 14.5. The summed E-state index contributed by atoms with van der Waals surface area (Å²) in [5, 5.41) is 22.0. The number of aliphatic hydroxyl groups is 2. The molecule has 0 aliphatic rings. The van der Waals surface area contributed by atoms with E-state index in [9.17, 15) is 19.4 Å². The van der Waals surface area contributed by atoms with E-state index in [0.29, 0.717) is 5.56 Å². The van der Waals surface area contributed by atoms with Gasteiger partial charge in [0.05, 0.1) is 6.10 Å². The Bertz CT molecular complexity index is 426. The van der Waals surface area contributed by atoms with E-state index in [1.807, 2.05) is 0 Å². The van der Waals surface area contributed by atoms with Crippen LogP contribution in [0.2, 0.25) is 0 Å². The van der Waals surface area contributed by atoms with Gasteiger partial charge in [-0.1, -0.05) is 0 Å². The Hall–Kier alpha value is -1.53. The smallest absolute Gasteiger partial charge is 0.218 e. The zero-order valence-corrected chi connectivity index (χ0v) is 10.4. The average molecular weight is 256 g/mol. The lowest BCUT2D eigenvalue weighted by Crippen LogP contribution is -2.28. The van der Waals surface area contributed by atoms with Gasteiger partial charge in [0.1, 0.15) is 6.10 Å². The molecule has 18 heavy (non-hydrogen) atoms. The fraction of sp³-hybridized carbons (Fsp3) is 0.500. The van der Waals surface area contributed by atoms with Gasteiger partial charge in [-0.15, -0.1) is 0 Å². The van der Waals surface area contributed by atoms with Crippen LogP contribution in [0.25, 0.3) is 0 Å². The molecule has 0 bridgehead atoms. The molecular formula is C12H17FN2O3. The maximum absolute atomic E-state index is 13.4. The second-order valence-electron chi connectivity index (χ2n) is 4.18. The van der Waals surface area contributed by atoms with Gasteiger partial charge >= 0.3 is 0 Å². The van der Waals surface area contributed by atoms with Crippen molar-refractivity contribution in [3.63, 3.8) is 0 Å². The molecule has 100 valence electrons. The summed E-state index contributed by atoms with van der Waals surface area (Å²) in [4.78, 5) is 14.1. The quantitative estimate of drug-likeness (QED) is 0.668. The topological polar surface area (TPSA) is 82.5 Å². The zero-order valence-electron chi connectivity index (χ0n) is 10.4. The molecule has 0 aromatic carbocycles. The number of hydrogen-bond acceptors (Lipinski definition) is 4. The number of carbonyl (C=O) groups is 1. The van der Waals surface area contributed by atoms with Crippen molar-refractivity contribution in [1.29, 1.82) is 0 Å². The molecule has 1 heterocycles. The van der Waals surface area contributed by atoms with Crippen molar-refractivity contribution in [2.24, 2.45) is 0 Å².